The summed E-state index contributed by atoms with van der Waals surface area (Å²) in [6, 6.07) is 5.51. The lowest BCUT2D eigenvalue weighted by Gasteiger charge is -2.23. The van der Waals surface area contributed by atoms with Crippen LogP contribution in [0.3, 0.4) is 0 Å². The van der Waals surface area contributed by atoms with Crippen LogP contribution in [0.25, 0.3) is 0 Å². The van der Waals surface area contributed by atoms with E-state index in [4.69, 9.17) is 5.73 Å². The molecular formula is C14H22N2O. The van der Waals surface area contributed by atoms with E-state index in [-0.39, 0.29) is 11.3 Å². The van der Waals surface area contributed by atoms with Crippen molar-refractivity contribution in [2.45, 2.75) is 34.1 Å². The number of nitrogens with one attached hydrogen (secondary N) is 1. The summed E-state index contributed by atoms with van der Waals surface area (Å²) in [5.41, 5.74) is 8.00. The minimum absolute atomic E-state index is 0.0814. The fourth-order valence-corrected chi connectivity index (χ4v) is 1.53. The lowest BCUT2D eigenvalue weighted by Crippen LogP contribution is -2.34. The molecular weight excluding hydrogens is 212 g/mol. The first-order chi connectivity index (χ1) is 7.87. The number of aryl methyl sites for hydroxylation is 1. The van der Waals surface area contributed by atoms with E-state index < -0.39 is 0 Å². The molecule has 0 saturated heterocycles. The smallest absolute Gasteiger partial charge is 0.253 e. The Bertz CT molecular complexity index is 390. The van der Waals surface area contributed by atoms with Crippen LogP contribution in [0.2, 0.25) is 0 Å². The molecule has 0 aliphatic rings. The molecule has 1 amide bonds. The van der Waals surface area contributed by atoms with E-state index in [9.17, 15) is 4.79 Å². The van der Waals surface area contributed by atoms with Gasteiger partial charge in [-0.05, 0) is 30.4 Å². The summed E-state index contributed by atoms with van der Waals surface area (Å²) in [7, 11) is 0. The molecule has 0 aliphatic carbocycles. The number of nitrogens with two attached hydrogens (primary N) is 1. The Hall–Kier alpha value is -1.51. The van der Waals surface area contributed by atoms with Gasteiger partial charge in [-0.2, -0.15) is 0 Å². The van der Waals surface area contributed by atoms with Crippen molar-refractivity contribution in [2.24, 2.45) is 5.41 Å². The second-order valence-electron chi connectivity index (χ2n) is 5.24. The van der Waals surface area contributed by atoms with Gasteiger partial charge in [0.2, 0.25) is 0 Å². The van der Waals surface area contributed by atoms with Gasteiger partial charge in [-0.3, -0.25) is 4.79 Å². The number of nitrogen functional groups attached to an aromatic ring is 1. The van der Waals surface area contributed by atoms with Gasteiger partial charge in [-0.25, -0.2) is 0 Å². The van der Waals surface area contributed by atoms with Gasteiger partial charge in [0.25, 0.3) is 5.91 Å². The molecule has 0 fully saturated rings. The predicted octanol–water partition coefficient (Wildman–Crippen LogP) is 2.74. The summed E-state index contributed by atoms with van der Waals surface area (Å²) >= 11 is 0. The van der Waals surface area contributed by atoms with Crippen LogP contribution >= 0.6 is 0 Å². The van der Waals surface area contributed by atoms with Gasteiger partial charge in [-0.1, -0.05) is 32.9 Å². The Morgan fingerprint density at radius 1 is 1.41 bits per heavy atom. The fraction of sp³-hybridized carbons (Fsp3) is 0.500. The van der Waals surface area contributed by atoms with Crippen molar-refractivity contribution in [3.05, 3.63) is 29.3 Å². The van der Waals surface area contributed by atoms with Gasteiger partial charge < -0.3 is 11.1 Å². The molecule has 17 heavy (non-hydrogen) atoms. The SMILES string of the molecule is CCC(C)(C)CNC(=O)c1c(C)cccc1N. The maximum Gasteiger partial charge on any atom is 0.253 e. The van der Waals surface area contributed by atoms with Crippen LogP contribution in [0.1, 0.15) is 43.1 Å². The molecule has 3 N–H and O–H groups in total. The third kappa shape index (κ3) is 3.48. The van der Waals surface area contributed by atoms with E-state index in [2.05, 4.69) is 26.1 Å². The van der Waals surface area contributed by atoms with Crippen LogP contribution in [0.15, 0.2) is 18.2 Å². The molecule has 0 spiro atoms. The molecule has 1 rings (SSSR count). The second kappa shape index (κ2) is 5.21. The zero-order chi connectivity index (χ0) is 13.1. The molecule has 1 aromatic carbocycles. The Kier molecular flexibility index (Phi) is 4.16. The van der Waals surface area contributed by atoms with Crippen LogP contribution in [-0.4, -0.2) is 12.5 Å². The lowest BCUT2D eigenvalue weighted by atomic mass is 9.90. The Labute approximate surface area is 103 Å². The molecule has 94 valence electrons. The van der Waals surface area contributed by atoms with Crippen molar-refractivity contribution in [1.82, 2.24) is 5.32 Å². The fourth-order valence-electron chi connectivity index (χ4n) is 1.53. The summed E-state index contributed by atoms with van der Waals surface area (Å²) in [5.74, 6) is -0.0814. The van der Waals surface area contributed by atoms with Crippen LogP contribution in [0.4, 0.5) is 5.69 Å². The number of amides is 1. The van der Waals surface area contributed by atoms with E-state index >= 15 is 0 Å². The average molecular weight is 234 g/mol. The van der Waals surface area contributed by atoms with Gasteiger partial charge in [0, 0.05) is 12.2 Å². The first kappa shape index (κ1) is 13.6. The first-order valence-corrected chi connectivity index (χ1v) is 6.00. The molecule has 0 aliphatic heterocycles. The summed E-state index contributed by atoms with van der Waals surface area (Å²) < 4.78 is 0. The van der Waals surface area contributed by atoms with Crippen LogP contribution < -0.4 is 11.1 Å². The van der Waals surface area contributed by atoms with Crippen molar-refractivity contribution < 1.29 is 4.79 Å². The standard InChI is InChI=1S/C14H22N2O/c1-5-14(3,4)9-16-13(17)12-10(2)7-6-8-11(12)15/h6-8H,5,9,15H2,1-4H3,(H,16,17). The van der Waals surface area contributed by atoms with E-state index in [0.29, 0.717) is 17.8 Å². The van der Waals surface area contributed by atoms with Crippen molar-refractivity contribution in [2.75, 3.05) is 12.3 Å². The van der Waals surface area contributed by atoms with Crippen LogP contribution in [0.5, 0.6) is 0 Å². The summed E-state index contributed by atoms with van der Waals surface area (Å²) in [4.78, 5) is 12.1. The van der Waals surface area contributed by atoms with Crippen LogP contribution in [0, 0.1) is 12.3 Å². The molecule has 3 heteroatoms. The second-order valence-corrected chi connectivity index (χ2v) is 5.24. The van der Waals surface area contributed by atoms with Gasteiger partial charge in [-0.15, -0.1) is 0 Å². The minimum atomic E-state index is -0.0814. The van der Waals surface area contributed by atoms with Gasteiger partial charge >= 0.3 is 0 Å². The van der Waals surface area contributed by atoms with Crippen molar-refractivity contribution >= 4 is 11.6 Å². The number of carbonyl (C=O) groups excluding carboxylic acids is 1. The van der Waals surface area contributed by atoms with E-state index in [1.807, 2.05) is 19.1 Å². The highest BCUT2D eigenvalue weighted by Gasteiger charge is 2.18. The van der Waals surface area contributed by atoms with Gasteiger partial charge in [0.1, 0.15) is 0 Å². The number of anilines is 1. The topological polar surface area (TPSA) is 55.1 Å². The van der Waals surface area contributed by atoms with Crippen molar-refractivity contribution in [1.29, 1.82) is 0 Å². The maximum atomic E-state index is 12.1. The Morgan fingerprint density at radius 2 is 2.06 bits per heavy atom. The molecule has 0 bridgehead atoms. The summed E-state index contributed by atoms with van der Waals surface area (Å²) in [5, 5.41) is 2.95. The maximum absolute atomic E-state index is 12.1. The third-order valence-corrected chi connectivity index (χ3v) is 3.22. The summed E-state index contributed by atoms with van der Waals surface area (Å²) in [6.45, 7) is 8.95. The Balaban J connectivity index is 2.78. The molecule has 0 saturated carbocycles. The molecule has 0 aromatic heterocycles. The molecule has 0 heterocycles. The molecule has 1 aromatic rings. The monoisotopic (exact) mass is 234 g/mol. The quantitative estimate of drug-likeness (QED) is 0.787. The van der Waals surface area contributed by atoms with E-state index in [1.165, 1.54) is 0 Å². The normalized spacial score (nSPS) is 11.3. The van der Waals surface area contributed by atoms with Crippen molar-refractivity contribution in [3.63, 3.8) is 0 Å². The number of carbonyl (C=O) groups is 1. The number of rotatable bonds is 4. The van der Waals surface area contributed by atoms with Crippen molar-refractivity contribution in [3.8, 4) is 0 Å². The number of hydrogen-bond donors (Lipinski definition) is 2. The predicted molar refractivity (Wildman–Crippen MR) is 72.0 cm³/mol. The molecule has 0 unspecified atom stereocenters. The van der Waals surface area contributed by atoms with Gasteiger partial charge in [0.05, 0.1) is 5.56 Å². The van der Waals surface area contributed by atoms with Gasteiger partial charge in [0.15, 0.2) is 0 Å². The third-order valence-electron chi connectivity index (χ3n) is 3.22. The first-order valence-electron chi connectivity index (χ1n) is 6.00. The highest BCUT2D eigenvalue weighted by atomic mass is 16.1. The lowest BCUT2D eigenvalue weighted by molar-refractivity contribution is 0.0936. The largest absolute Gasteiger partial charge is 0.398 e. The van der Waals surface area contributed by atoms with E-state index in [0.717, 1.165) is 12.0 Å². The minimum Gasteiger partial charge on any atom is -0.398 e. The summed E-state index contributed by atoms with van der Waals surface area (Å²) in [6.07, 6.45) is 1.02. The Morgan fingerprint density at radius 3 is 2.59 bits per heavy atom. The number of benzene rings is 1. The zero-order valence-corrected chi connectivity index (χ0v) is 11.1. The highest BCUT2D eigenvalue weighted by molar-refractivity contribution is 6.00. The molecule has 0 radical (unpaired) electrons. The van der Waals surface area contributed by atoms with E-state index in [1.54, 1.807) is 6.07 Å². The average Bonchev–Trinajstić information content (AvgIpc) is 2.26. The number of hydrogen-bond acceptors (Lipinski definition) is 2. The molecule has 0 atom stereocenters. The zero-order valence-electron chi connectivity index (χ0n) is 11.1. The molecule has 3 nitrogen and oxygen atoms in total. The van der Waals surface area contributed by atoms with Crippen LogP contribution in [-0.2, 0) is 0 Å². The highest BCUT2D eigenvalue weighted by Crippen LogP contribution is 2.19.